The Morgan fingerprint density at radius 3 is 2.47 bits per heavy atom. The maximum absolute atomic E-state index is 12.8. The largest absolute Gasteiger partial charge is 0.379 e. The fraction of sp³-hybridized carbons (Fsp3) is 0.417. The number of carbonyl (C=O) groups excluding carboxylic acids is 1. The number of hydrogen-bond donors (Lipinski definition) is 2. The highest BCUT2D eigenvalue weighted by molar-refractivity contribution is 6.10. The van der Waals surface area contributed by atoms with E-state index in [-0.39, 0.29) is 5.91 Å². The molecule has 2 N–H and O–H groups in total. The molecule has 30 heavy (non-hydrogen) atoms. The summed E-state index contributed by atoms with van der Waals surface area (Å²) in [6.45, 7) is 9.04. The summed E-state index contributed by atoms with van der Waals surface area (Å²) in [5, 5.41) is 6.30. The smallest absolute Gasteiger partial charge is 0.257 e. The van der Waals surface area contributed by atoms with Crippen molar-refractivity contribution < 1.29 is 9.53 Å². The van der Waals surface area contributed by atoms with Gasteiger partial charge in [-0.3, -0.25) is 20.0 Å². The molecule has 6 nitrogen and oxygen atoms in total. The molecule has 0 unspecified atom stereocenters. The lowest BCUT2D eigenvalue weighted by molar-refractivity contribution is 0.0394. The van der Waals surface area contributed by atoms with Crippen molar-refractivity contribution in [1.82, 2.24) is 10.2 Å². The average Bonchev–Trinajstić information content (AvgIpc) is 2.80. The third-order valence-corrected chi connectivity index (χ3v) is 5.30. The van der Waals surface area contributed by atoms with E-state index < -0.39 is 0 Å². The second kappa shape index (κ2) is 11.5. The van der Waals surface area contributed by atoms with Crippen LogP contribution in [0.1, 0.15) is 35.3 Å². The van der Waals surface area contributed by atoms with Gasteiger partial charge in [-0.15, -0.1) is 0 Å². The van der Waals surface area contributed by atoms with Crippen molar-refractivity contribution in [3.8, 4) is 0 Å². The van der Waals surface area contributed by atoms with E-state index in [1.807, 2.05) is 42.5 Å². The number of nitrogens with one attached hydrogen (secondary N) is 2. The predicted octanol–water partition coefficient (Wildman–Crippen LogP) is 3.34. The molecular formula is C24H32N4O2. The van der Waals surface area contributed by atoms with Crippen LogP contribution in [0.4, 0.5) is 5.69 Å². The van der Waals surface area contributed by atoms with Crippen LogP contribution in [-0.4, -0.2) is 56.2 Å². The number of aliphatic imine (C=N–C) groups is 1. The molecule has 1 aliphatic rings. The fourth-order valence-electron chi connectivity index (χ4n) is 3.39. The molecule has 2 aromatic rings. The van der Waals surface area contributed by atoms with Crippen molar-refractivity contribution in [3.63, 3.8) is 0 Å². The van der Waals surface area contributed by atoms with Gasteiger partial charge in [0.1, 0.15) is 0 Å². The Kier molecular flexibility index (Phi) is 8.41. The Bertz CT molecular complexity index is 843. The van der Waals surface area contributed by atoms with Crippen LogP contribution in [0.3, 0.4) is 0 Å². The molecule has 0 atom stereocenters. The van der Waals surface area contributed by atoms with E-state index in [2.05, 4.69) is 40.4 Å². The van der Waals surface area contributed by atoms with Gasteiger partial charge in [0.2, 0.25) is 5.96 Å². The molecule has 6 heteroatoms. The quantitative estimate of drug-likeness (QED) is 0.545. The van der Waals surface area contributed by atoms with Crippen molar-refractivity contribution in [2.45, 2.75) is 26.7 Å². The molecule has 0 saturated carbocycles. The van der Waals surface area contributed by atoms with Gasteiger partial charge in [0.05, 0.1) is 19.8 Å². The summed E-state index contributed by atoms with van der Waals surface area (Å²) in [6, 6.07) is 15.8. The minimum absolute atomic E-state index is 0.163. The maximum Gasteiger partial charge on any atom is 0.257 e. The van der Waals surface area contributed by atoms with Crippen LogP contribution < -0.4 is 10.6 Å². The number of rotatable bonds is 7. The Balaban J connectivity index is 1.71. The van der Waals surface area contributed by atoms with Crippen molar-refractivity contribution in [2.24, 2.45) is 4.99 Å². The summed E-state index contributed by atoms with van der Waals surface area (Å²) in [4.78, 5) is 19.8. The molecule has 1 heterocycles. The number of benzene rings is 2. The Hall–Kier alpha value is -2.70. The molecule has 0 aliphatic carbocycles. The molecular weight excluding hydrogens is 376 g/mol. The maximum atomic E-state index is 12.8. The monoisotopic (exact) mass is 408 g/mol. The summed E-state index contributed by atoms with van der Waals surface area (Å²) >= 11 is 0. The van der Waals surface area contributed by atoms with Gasteiger partial charge in [0, 0.05) is 30.9 Å². The molecule has 1 saturated heterocycles. The van der Waals surface area contributed by atoms with Crippen LogP contribution in [0, 0.1) is 0 Å². The summed E-state index contributed by atoms with van der Waals surface area (Å²) in [5.74, 6) is 0.318. The third kappa shape index (κ3) is 6.40. The number of nitrogens with zero attached hydrogens (tertiary/aromatic N) is 2. The zero-order valence-electron chi connectivity index (χ0n) is 18.0. The predicted molar refractivity (Wildman–Crippen MR) is 122 cm³/mol. The molecule has 1 fully saturated rings. The molecule has 0 aromatic heterocycles. The van der Waals surface area contributed by atoms with E-state index in [4.69, 9.17) is 4.74 Å². The molecule has 1 amide bonds. The van der Waals surface area contributed by atoms with Gasteiger partial charge in [-0.25, -0.2) is 0 Å². The van der Waals surface area contributed by atoms with E-state index >= 15 is 0 Å². The molecule has 0 radical (unpaired) electrons. The van der Waals surface area contributed by atoms with Crippen LogP contribution in [0.5, 0.6) is 0 Å². The lowest BCUT2D eigenvalue weighted by Gasteiger charge is -2.25. The number of carbonyl (C=O) groups is 1. The zero-order valence-corrected chi connectivity index (χ0v) is 18.0. The number of guanidine groups is 1. The first-order chi connectivity index (χ1) is 14.7. The number of morpholine rings is 1. The first-order valence-corrected chi connectivity index (χ1v) is 10.8. The Morgan fingerprint density at radius 2 is 1.77 bits per heavy atom. The van der Waals surface area contributed by atoms with E-state index in [0.717, 1.165) is 51.4 Å². The van der Waals surface area contributed by atoms with Gasteiger partial charge in [-0.2, -0.15) is 0 Å². The van der Waals surface area contributed by atoms with E-state index in [0.29, 0.717) is 18.1 Å². The van der Waals surface area contributed by atoms with Gasteiger partial charge >= 0.3 is 0 Å². The van der Waals surface area contributed by atoms with Crippen molar-refractivity contribution in [1.29, 1.82) is 0 Å². The molecule has 0 spiro atoms. The number of amides is 1. The Morgan fingerprint density at radius 1 is 1.03 bits per heavy atom. The van der Waals surface area contributed by atoms with E-state index in [1.165, 1.54) is 11.1 Å². The van der Waals surface area contributed by atoms with Gasteiger partial charge in [0.25, 0.3) is 5.91 Å². The average molecular weight is 409 g/mol. The zero-order chi connectivity index (χ0) is 21.2. The molecule has 2 aromatic carbocycles. The first kappa shape index (κ1) is 22.0. The van der Waals surface area contributed by atoms with Crippen LogP contribution >= 0.6 is 0 Å². The lowest BCUT2D eigenvalue weighted by atomic mass is 10.1. The standard InChI is InChI=1S/C24H32N4O2/c1-3-19-9-11-21(12-10-19)23(29)27-24(25-13-14-28-15-17-30-18-16-28)26-22-8-6-5-7-20(22)4-2/h5-12H,3-4,13-18H2,1-2H3,(H2,25,26,27,29). The third-order valence-electron chi connectivity index (χ3n) is 5.30. The SMILES string of the molecule is CCc1ccc(C(=O)NC(=NCCN2CCOCC2)Nc2ccccc2CC)cc1. The summed E-state index contributed by atoms with van der Waals surface area (Å²) in [6.07, 6.45) is 1.85. The number of anilines is 1. The van der Waals surface area contributed by atoms with Gasteiger partial charge in [-0.1, -0.05) is 44.2 Å². The fourth-order valence-corrected chi connectivity index (χ4v) is 3.39. The number of ether oxygens (including phenoxy) is 1. The minimum atomic E-state index is -0.163. The van der Waals surface area contributed by atoms with Gasteiger partial charge in [0.15, 0.2) is 0 Å². The second-order valence-corrected chi connectivity index (χ2v) is 7.32. The number of hydrogen-bond acceptors (Lipinski definition) is 4. The minimum Gasteiger partial charge on any atom is -0.379 e. The molecule has 0 bridgehead atoms. The molecule has 1 aliphatic heterocycles. The highest BCUT2D eigenvalue weighted by atomic mass is 16.5. The van der Waals surface area contributed by atoms with E-state index in [1.54, 1.807) is 0 Å². The Labute approximate surface area is 179 Å². The highest BCUT2D eigenvalue weighted by Gasteiger charge is 2.12. The van der Waals surface area contributed by atoms with Gasteiger partial charge < -0.3 is 10.1 Å². The summed E-state index contributed by atoms with van der Waals surface area (Å²) in [5.41, 5.74) is 3.98. The van der Waals surface area contributed by atoms with Crippen molar-refractivity contribution in [3.05, 3.63) is 65.2 Å². The lowest BCUT2D eigenvalue weighted by Crippen LogP contribution is -2.39. The number of para-hydroxylation sites is 1. The molecule has 3 rings (SSSR count). The van der Waals surface area contributed by atoms with Crippen LogP contribution in [0.25, 0.3) is 0 Å². The summed E-state index contributed by atoms with van der Waals surface area (Å²) < 4.78 is 5.40. The summed E-state index contributed by atoms with van der Waals surface area (Å²) in [7, 11) is 0. The first-order valence-electron chi connectivity index (χ1n) is 10.8. The number of aryl methyl sites for hydroxylation is 2. The topological polar surface area (TPSA) is 66.0 Å². The normalized spacial score (nSPS) is 15.1. The second-order valence-electron chi connectivity index (χ2n) is 7.32. The van der Waals surface area contributed by atoms with Crippen LogP contribution in [0.15, 0.2) is 53.5 Å². The van der Waals surface area contributed by atoms with Crippen LogP contribution in [-0.2, 0) is 17.6 Å². The van der Waals surface area contributed by atoms with Crippen molar-refractivity contribution >= 4 is 17.6 Å². The molecule has 160 valence electrons. The van der Waals surface area contributed by atoms with Gasteiger partial charge in [-0.05, 0) is 42.2 Å². The van der Waals surface area contributed by atoms with E-state index in [9.17, 15) is 4.79 Å². The highest BCUT2D eigenvalue weighted by Crippen LogP contribution is 2.15. The van der Waals surface area contributed by atoms with Crippen LogP contribution in [0.2, 0.25) is 0 Å². The van der Waals surface area contributed by atoms with Crippen molar-refractivity contribution in [2.75, 3.05) is 44.7 Å².